The van der Waals surface area contributed by atoms with Crippen LogP contribution in [0.15, 0.2) is 23.0 Å². The number of nitrogen functional groups attached to an aromatic ring is 1. The first kappa shape index (κ1) is 30.5. The molecule has 1 atom stereocenters. The number of halogens is 1. The summed E-state index contributed by atoms with van der Waals surface area (Å²) in [5.41, 5.74) is 3.79. The van der Waals surface area contributed by atoms with E-state index in [1.807, 2.05) is 19.9 Å². The van der Waals surface area contributed by atoms with Crippen molar-refractivity contribution in [3.8, 4) is 28.7 Å². The first-order valence-electron chi connectivity index (χ1n) is 12.5. The summed E-state index contributed by atoms with van der Waals surface area (Å²) >= 11 is 0. The molecule has 1 aliphatic rings. The standard InChI is InChI=1S/C25H25FN6O7.C2H6/c1-25(2,3)39-24(36)31(4)10-14-16(15(9-27)32(5)30-14)17-18(33)19(20(28)29-21(17)34)37-23-13-8-11(26)6-7-12(13)22(35)38-23;1-2/h6-8,23H,10H2,1-5H3,(H4,28,29,33,34);1-2H3. The number of nitriles is 1. The van der Waals surface area contributed by atoms with E-state index in [4.69, 9.17) is 19.9 Å². The predicted octanol–water partition coefficient (Wildman–Crippen LogP) is 3.72. The Labute approximate surface area is 234 Å². The van der Waals surface area contributed by atoms with Crippen molar-refractivity contribution in [1.29, 1.82) is 5.26 Å². The van der Waals surface area contributed by atoms with Crippen LogP contribution in [0.2, 0.25) is 0 Å². The number of aromatic amines is 1. The number of pyridine rings is 1. The number of hydrogen-bond donors (Lipinski definition) is 3. The number of aromatic hydroxyl groups is 1. The van der Waals surface area contributed by atoms with E-state index in [-0.39, 0.29) is 34.6 Å². The summed E-state index contributed by atoms with van der Waals surface area (Å²) < 4.78 is 31.2. The minimum absolute atomic E-state index is 0.0466. The van der Waals surface area contributed by atoms with Gasteiger partial charge in [0.25, 0.3) is 11.8 Å². The van der Waals surface area contributed by atoms with E-state index in [1.54, 1.807) is 20.8 Å². The van der Waals surface area contributed by atoms with Gasteiger partial charge in [-0.3, -0.25) is 9.48 Å². The third kappa shape index (κ3) is 6.08. The van der Waals surface area contributed by atoms with Crippen LogP contribution in [0.4, 0.5) is 15.0 Å². The van der Waals surface area contributed by atoms with E-state index in [1.165, 1.54) is 29.7 Å². The normalized spacial score (nSPS) is 13.8. The lowest BCUT2D eigenvalue weighted by Gasteiger charge is -2.24. The summed E-state index contributed by atoms with van der Waals surface area (Å²) in [7, 11) is 2.88. The van der Waals surface area contributed by atoms with E-state index in [9.17, 15) is 29.1 Å². The van der Waals surface area contributed by atoms with Crippen molar-refractivity contribution in [2.45, 2.75) is 53.1 Å². The summed E-state index contributed by atoms with van der Waals surface area (Å²) in [5, 5.41) is 25.3. The van der Waals surface area contributed by atoms with E-state index in [0.29, 0.717) is 0 Å². The van der Waals surface area contributed by atoms with Crippen LogP contribution < -0.4 is 16.0 Å². The highest BCUT2D eigenvalue weighted by Crippen LogP contribution is 2.43. The number of nitrogens with two attached hydrogens (primary N) is 1. The van der Waals surface area contributed by atoms with Crippen molar-refractivity contribution in [1.82, 2.24) is 19.7 Å². The highest BCUT2D eigenvalue weighted by Gasteiger charge is 2.36. The van der Waals surface area contributed by atoms with Gasteiger partial charge in [0.15, 0.2) is 11.6 Å². The molecule has 0 radical (unpaired) electrons. The topological polar surface area (TPSA) is 186 Å². The quantitative estimate of drug-likeness (QED) is 0.382. The number of anilines is 1. The van der Waals surface area contributed by atoms with Crippen molar-refractivity contribution in [2.24, 2.45) is 7.05 Å². The van der Waals surface area contributed by atoms with Crippen molar-refractivity contribution in [2.75, 3.05) is 12.8 Å². The highest BCUT2D eigenvalue weighted by molar-refractivity contribution is 5.94. The molecule has 0 saturated heterocycles. The number of amides is 1. The smallest absolute Gasteiger partial charge is 0.410 e. The summed E-state index contributed by atoms with van der Waals surface area (Å²) in [4.78, 5) is 41.3. The van der Waals surface area contributed by atoms with E-state index in [0.717, 1.165) is 12.1 Å². The number of rotatable bonds is 5. The van der Waals surface area contributed by atoms with Crippen molar-refractivity contribution >= 4 is 17.9 Å². The van der Waals surface area contributed by atoms with Crippen LogP contribution in [0.5, 0.6) is 11.5 Å². The molecule has 1 aromatic carbocycles. The van der Waals surface area contributed by atoms with Gasteiger partial charge < -0.3 is 34.9 Å². The average Bonchev–Trinajstić information content (AvgIpc) is 3.36. The third-order valence-electron chi connectivity index (χ3n) is 5.67. The molecule has 4 N–H and O–H groups in total. The van der Waals surface area contributed by atoms with Crippen LogP contribution >= 0.6 is 0 Å². The molecule has 41 heavy (non-hydrogen) atoms. The fourth-order valence-electron chi connectivity index (χ4n) is 3.98. The molecular formula is C27H31FN6O7. The number of nitrogens with one attached hydrogen (secondary N) is 1. The number of aromatic nitrogens is 3. The Bertz CT molecular complexity index is 1600. The van der Waals surface area contributed by atoms with Gasteiger partial charge >= 0.3 is 12.1 Å². The Morgan fingerprint density at radius 1 is 1.32 bits per heavy atom. The van der Waals surface area contributed by atoms with Gasteiger partial charge in [-0.15, -0.1) is 0 Å². The third-order valence-corrected chi connectivity index (χ3v) is 5.67. The van der Waals surface area contributed by atoms with E-state index < -0.39 is 58.2 Å². The molecule has 0 spiro atoms. The molecule has 13 nitrogen and oxygen atoms in total. The van der Waals surface area contributed by atoms with E-state index in [2.05, 4.69) is 10.1 Å². The molecule has 0 aliphatic carbocycles. The number of benzene rings is 1. The zero-order chi connectivity index (χ0) is 30.8. The Kier molecular flexibility index (Phi) is 8.61. The van der Waals surface area contributed by atoms with E-state index >= 15 is 0 Å². The van der Waals surface area contributed by atoms with Crippen LogP contribution in [0.1, 0.15) is 68.2 Å². The zero-order valence-electron chi connectivity index (χ0n) is 23.7. The van der Waals surface area contributed by atoms with Crippen molar-refractivity contribution in [3.05, 3.63) is 56.9 Å². The highest BCUT2D eigenvalue weighted by atomic mass is 19.1. The van der Waals surface area contributed by atoms with Gasteiger partial charge in [-0.1, -0.05) is 13.8 Å². The number of nitrogens with zero attached hydrogens (tertiary/aromatic N) is 4. The fourth-order valence-corrected chi connectivity index (χ4v) is 3.98. The Morgan fingerprint density at radius 3 is 2.59 bits per heavy atom. The van der Waals surface area contributed by atoms with Gasteiger partial charge in [0.2, 0.25) is 5.75 Å². The molecule has 3 heterocycles. The second-order valence-electron chi connectivity index (χ2n) is 9.75. The second-order valence-corrected chi connectivity index (χ2v) is 9.75. The molecule has 1 amide bonds. The Morgan fingerprint density at radius 2 is 1.98 bits per heavy atom. The van der Waals surface area contributed by atoms with Crippen LogP contribution in [-0.2, 0) is 23.1 Å². The fraction of sp³-hybridized carbons (Fsp3) is 0.370. The first-order chi connectivity index (χ1) is 19.2. The lowest BCUT2D eigenvalue weighted by Crippen LogP contribution is -2.34. The first-order valence-corrected chi connectivity index (χ1v) is 12.5. The maximum Gasteiger partial charge on any atom is 0.410 e. The zero-order valence-corrected chi connectivity index (χ0v) is 23.7. The van der Waals surface area contributed by atoms with Crippen molar-refractivity contribution < 1.29 is 33.3 Å². The van der Waals surface area contributed by atoms with Crippen LogP contribution in [0.3, 0.4) is 0 Å². The Hall–Kier alpha value is -5.06. The second kappa shape index (κ2) is 11.6. The summed E-state index contributed by atoms with van der Waals surface area (Å²) in [6.45, 7) is 8.88. The number of ether oxygens (including phenoxy) is 3. The Balaban J connectivity index is 0.00000226. The van der Waals surface area contributed by atoms with Crippen molar-refractivity contribution in [3.63, 3.8) is 0 Å². The SMILES string of the molecule is CC.CN(Cc1nn(C)c(C#N)c1-c1c(O)c(OC2OC(=O)c3ccc(F)cc32)c(N)[nH]c1=O)C(=O)OC(C)(C)C. The number of H-pyrrole nitrogens is 1. The summed E-state index contributed by atoms with van der Waals surface area (Å²) in [6, 6.07) is 5.26. The van der Waals surface area contributed by atoms with Gasteiger partial charge in [0.05, 0.1) is 34.5 Å². The lowest BCUT2D eigenvalue weighted by atomic mass is 10.0. The maximum absolute atomic E-state index is 13.9. The summed E-state index contributed by atoms with van der Waals surface area (Å²) in [6.07, 6.45) is -2.18. The average molecular weight is 571 g/mol. The summed E-state index contributed by atoms with van der Waals surface area (Å²) in [5.74, 6) is -3.14. The minimum atomic E-state index is -1.49. The number of hydrogen-bond acceptors (Lipinski definition) is 10. The van der Waals surface area contributed by atoms with Crippen LogP contribution in [0.25, 0.3) is 11.1 Å². The van der Waals surface area contributed by atoms with Gasteiger partial charge in [0, 0.05) is 14.1 Å². The van der Waals surface area contributed by atoms with Crippen LogP contribution in [0, 0.1) is 17.1 Å². The maximum atomic E-state index is 13.9. The molecular weight excluding hydrogens is 539 g/mol. The number of cyclic esters (lactones) is 1. The monoisotopic (exact) mass is 570 g/mol. The molecule has 3 aromatic rings. The molecule has 0 saturated carbocycles. The number of fused-ring (bicyclic) bond motifs is 1. The lowest BCUT2D eigenvalue weighted by molar-refractivity contribution is -0.0391. The molecule has 1 unspecified atom stereocenters. The van der Waals surface area contributed by atoms with Gasteiger partial charge in [-0.05, 0) is 39.0 Å². The van der Waals surface area contributed by atoms with Crippen LogP contribution in [-0.4, -0.2) is 49.5 Å². The molecule has 0 bridgehead atoms. The number of carbonyl (C=O) groups is 2. The molecule has 218 valence electrons. The van der Waals surface area contributed by atoms with Gasteiger partial charge in [0.1, 0.15) is 23.2 Å². The molecule has 2 aromatic heterocycles. The molecule has 14 heteroatoms. The molecule has 1 aliphatic heterocycles. The predicted molar refractivity (Wildman–Crippen MR) is 144 cm³/mol. The minimum Gasteiger partial charge on any atom is -0.504 e. The number of aryl methyl sites for hydroxylation is 1. The largest absolute Gasteiger partial charge is 0.504 e. The van der Waals surface area contributed by atoms with Gasteiger partial charge in [-0.2, -0.15) is 10.4 Å². The molecule has 0 fully saturated rings. The number of esters is 1. The van der Waals surface area contributed by atoms with Gasteiger partial charge in [-0.25, -0.2) is 14.0 Å². The molecule has 4 rings (SSSR count). The number of carbonyl (C=O) groups excluding carboxylic acids is 2.